The molecular weight excluding hydrogens is 354 g/mol. The predicted octanol–water partition coefficient (Wildman–Crippen LogP) is 2.93. The Bertz CT molecular complexity index is 989. The lowest BCUT2D eigenvalue weighted by Gasteiger charge is -2.32. The molecule has 1 aliphatic heterocycles. The molecule has 5 rings (SSSR count). The van der Waals surface area contributed by atoms with Crippen molar-refractivity contribution in [2.24, 2.45) is 5.92 Å². The number of nitrogens with zero attached hydrogens (tertiary/aromatic N) is 6. The monoisotopic (exact) mass is 379 g/mol. The van der Waals surface area contributed by atoms with Gasteiger partial charge >= 0.3 is 0 Å². The van der Waals surface area contributed by atoms with E-state index in [4.69, 9.17) is 9.72 Å². The Morgan fingerprint density at radius 1 is 1.07 bits per heavy atom. The van der Waals surface area contributed by atoms with Crippen molar-refractivity contribution in [3.8, 4) is 5.88 Å². The van der Waals surface area contributed by atoms with Gasteiger partial charge in [0.25, 0.3) is 0 Å². The molecule has 28 heavy (non-hydrogen) atoms. The maximum absolute atomic E-state index is 6.16. The molecule has 1 N–H and O–H groups in total. The Morgan fingerprint density at radius 3 is 2.68 bits per heavy atom. The molecule has 2 aliphatic rings. The highest BCUT2D eigenvalue weighted by molar-refractivity contribution is 5.82. The maximum atomic E-state index is 6.16. The molecule has 3 aromatic heterocycles. The number of piperidine rings is 1. The van der Waals surface area contributed by atoms with Gasteiger partial charge in [0.1, 0.15) is 17.7 Å². The van der Waals surface area contributed by atoms with Crippen LogP contribution in [0.3, 0.4) is 0 Å². The molecule has 8 heteroatoms. The summed E-state index contributed by atoms with van der Waals surface area (Å²) in [6, 6.07) is 0. The summed E-state index contributed by atoms with van der Waals surface area (Å²) in [4.78, 5) is 27.7. The summed E-state index contributed by atoms with van der Waals surface area (Å²) < 4.78 is 6.16. The number of hydrogen-bond acceptors (Lipinski definition) is 7. The zero-order valence-electron chi connectivity index (χ0n) is 16.4. The van der Waals surface area contributed by atoms with Crippen molar-refractivity contribution in [1.82, 2.24) is 29.9 Å². The van der Waals surface area contributed by atoms with E-state index in [1.54, 1.807) is 12.7 Å². The summed E-state index contributed by atoms with van der Waals surface area (Å²) >= 11 is 0. The number of fused-ring (bicyclic) bond motifs is 1. The normalized spacial score (nSPS) is 18.0. The van der Waals surface area contributed by atoms with E-state index in [-0.39, 0.29) is 0 Å². The van der Waals surface area contributed by atoms with Gasteiger partial charge in [-0.1, -0.05) is 0 Å². The van der Waals surface area contributed by atoms with E-state index in [9.17, 15) is 0 Å². The average molecular weight is 379 g/mol. The number of rotatable bonds is 5. The van der Waals surface area contributed by atoms with Crippen molar-refractivity contribution in [2.75, 3.05) is 24.6 Å². The fraction of sp³-hybridized carbons (Fsp3) is 0.550. The third-order valence-corrected chi connectivity index (χ3v) is 5.88. The van der Waals surface area contributed by atoms with Gasteiger partial charge in [0.05, 0.1) is 12.9 Å². The van der Waals surface area contributed by atoms with E-state index in [1.807, 2.05) is 6.92 Å². The van der Waals surface area contributed by atoms with E-state index in [0.717, 1.165) is 65.9 Å². The van der Waals surface area contributed by atoms with Gasteiger partial charge in [-0.15, -0.1) is 0 Å². The van der Waals surface area contributed by atoms with Crippen LogP contribution >= 0.6 is 0 Å². The molecule has 8 nitrogen and oxygen atoms in total. The molecule has 0 atom stereocenters. The molecule has 1 aliphatic carbocycles. The van der Waals surface area contributed by atoms with Gasteiger partial charge < -0.3 is 14.6 Å². The number of hydrogen-bond donors (Lipinski definition) is 1. The molecule has 2 fully saturated rings. The summed E-state index contributed by atoms with van der Waals surface area (Å²) in [6.45, 7) is 6.71. The minimum absolute atomic E-state index is 0.523. The lowest BCUT2D eigenvalue weighted by Crippen LogP contribution is -2.36. The summed E-state index contributed by atoms with van der Waals surface area (Å²) in [5, 5.41) is 0. The molecular formula is C20H25N7O. The smallest absolute Gasteiger partial charge is 0.219 e. The Hall–Kier alpha value is -2.77. The zero-order valence-corrected chi connectivity index (χ0v) is 16.4. The quantitative estimate of drug-likeness (QED) is 0.728. The van der Waals surface area contributed by atoms with Gasteiger partial charge in [0.2, 0.25) is 5.88 Å². The van der Waals surface area contributed by atoms with Crippen LogP contribution in [0.4, 0.5) is 5.82 Å². The van der Waals surface area contributed by atoms with Crippen LogP contribution in [-0.4, -0.2) is 49.6 Å². The highest BCUT2D eigenvalue weighted by atomic mass is 16.5. The van der Waals surface area contributed by atoms with Crippen molar-refractivity contribution in [2.45, 2.75) is 45.4 Å². The Balaban J connectivity index is 1.22. The lowest BCUT2D eigenvalue weighted by atomic mass is 9.98. The molecule has 146 valence electrons. The average Bonchev–Trinajstić information content (AvgIpc) is 3.46. The second-order valence-corrected chi connectivity index (χ2v) is 7.91. The minimum Gasteiger partial charge on any atom is -0.477 e. The molecule has 0 aromatic carbocycles. The second-order valence-electron chi connectivity index (χ2n) is 7.91. The summed E-state index contributed by atoms with van der Waals surface area (Å²) in [5.41, 5.74) is 3.73. The van der Waals surface area contributed by atoms with Crippen molar-refractivity contribution in [3.63, 3.8) is 0 Å². The lowest BCUT2D eigenvalue weighted by molar-refractivity contribution is 0.213. The van der Waals surface area contributed by atoms with Crippen molar-refractivity contribution >= 4 is 17.0 Å². The number of aromatic nitrogens is 6. The van der Waals surface area contributed by atoms with Crippen LogP contribution in [0.25, 0.3) is 11.2 Å². The van der Waals surface area contributed by atoms with E-state index >= 15 is 0 Å². The first kappa shape index (κ1) is 17.3. The standard InChI is InChI=1S/C20H25N7O/c1-12-13(2)25-17(15-3-4-15)26-20(12)28-9-14-5-7-27(8-6-14)19-16-18(22-10-21-16)23-11-24-19/h10-11,14-15H,3-9H2,1-2H3,(H,21,22,23,24). The molecule has 0 radical (unpaired) electrons. The first-order valence-corrected chi connectivity index (χ1v) is 10.1. The van der Waals surface area contributed by atoms with Gasteiger partial charge in [0, 0.05) is 30.3 Å². The summed E-state index contributed by atoms with van der Waals surface area (Å²) in [6.07, 6.45) is 7.80. The van der Waals surface area contributed by atoms with Crippen molar-refractivity contribution < 1.29 is 4.74 Å². The molecule has 3 aromatic rings. The molecule has 0 bridgehead atoms. The van der Waals surface area contributed by atoms with Gasteiger partial charge in [-0.2, -0.15) is 4.98 Å². The summed E-state index contributed by atoms with van der Waals surface area (Å²) in [7, 11) is 0. The van der Waals surface area contributed by atoms with Crippen LogP contribution in [0.5, 0.6) is 5.88 Å². The van der Waals surface area contributed by atoms with Crippen LogP contribution in [0, 0.1) is 19.8 Å². The van der Waals surface area contributed by atoms with Crippen LogP contribution in [0.1, 0.15) is 48.7 Å². The van der Waals surface area contributed by atoms with Gasteiger partial charge in [-0.25, -0.2) is 19.9 Å². The van der Waals surface area contributed by atoms with E-state index < -0.39 is 0 Å². The number of H-pyrrole nitrogens is 1. The predicted molar refractivity (Wildman–Crippen MR) is 106 cm³/mol. The molecule has 1 saturated carbocycles. The van der Waals surface area contributed by atoms with Crippen LogP contribution in [-0.2, 0) is 0 Å². The second kappa shape index (κ2) is 7.00. The Kier molecular flexibility index (Phi) is 4.33. The summed E-state index contributed by atoms with van der Waals surface area (Å²) in [5.74, 6) is 3.73. The molecule has 0 amide bonds. The van der Waals surface area contributed by atoms with E-state index in [0.29, 0.717) is 18.4 Å². The topological polar surface area (TPSA) is 92.7 Å². The first-order valence-electron chi connectivity index (χ1n) is 10.1. The fourth-order valence-electron chi connectivity index (χ4n) is 3.79. The molecule has 0 spiro atoms. The molecule has 4 heterocycles. The number of anilines is 1. The zero-order chi connectivity index (χ0) is 19.1. The molecule has 0 unspecified atom stereocenters. The Labute approximate surface area is 163 Å². The van der Waals surface area contributed by atoms with Gasteiger partial charge in [0.15, 0.2) is 11.5 Å². The maximum Gasteiger partial charge on any atom is 0.219 e. The third kappa shape index (κ3) is 3.27. The van der Waals surface area contributed by atoms with Gasteiger partial charge in [-0.3, -0.25) is 0 Å². The number of aryl methyl sites for hydroxylation is 1. The van der Waals surface area contributed by atoms with Crippen LogP contribution in [0.2, 0.25) is 0 Å². The third-order valence-electron chi connectivity index (χ3n) is 5.88. The van der Waals surface area contributed by atoms with E-state index in [1.165, 1.54) is 12.8 Å². The number of imidazole rings is 1. The number of ether oxygens (including phenoxy) is 1. The highest BCUT2D eigenvalue weighted by Gasteiger charge is 2.28. The van der Waals surface area contributed by atoms with Crippen molar-refractivity contribution in [3.05, 3.63) is 29.7 Å². The highest BCUT2D eigenvalue weighted by Crippen LogP contribution is 2.39. The van der Waals surface area contributed by atoms with Crippen LogP contribution < -0.4 is 9.64 Å². The molecule has 1 saturated heterocycles. The van der Waals surface area contributed by atoms with Crippen molar-refractivity contribution in [1.29, 1.82) is 0 Å². The number of aromatic amines is 1. The number of nitrogens with one attached hydrogen (secondary N) is 1. The Morgan fingerprint density at radius 2 is 1.89 bits per heavy atom. The van der Waals surface area contributed by atoms with E-state index in [2.05, 4.69) is 36.7 Å². The largest absolute Gasteiger partial charge is 0.477 e. The SMILES string of the molecule is Cc1nc(C2CC2)nc(OCC2CCN(c3ncnc4nc[nH]c34)CC2)c1C. The van der Waals surface area contributed by atoms with Gasteiger partial charge in [-0.05, 0) is 45.4 Å². The first-order chi connectivity index (χ1) is 13.7. The van der Waals surface area contributed by atoms with Crippen LogP contribution in [0.15, 0.2) is 12.7 Å². The fourth-order valence-corrected chi connectivity index (χ4v) is 3.79. The minimum atomic E-state index is 0.523.